The van der Waals surface area contributed by atoms with Crippen molar-refractivity contribution in [1.82, 2.24) is 10.3 Å². The van der Waals surface area contributed by atoms with E-state index in [1.165, 1.54) is 6.92 Å². The minimum absolute atomic E-state index is 0.00162. The van der Waals surface area contributed by atoms with Gasteiger partial charge < -0.3 is 10.6 Å². The number of hydrogen-bond donors (Lipinski definition) is 2. The second kappa shape index (κ2) is 7.19. The molecular weight excluding hydrogens is 266 g/mol. The van der Waals surface area contributed by atoms with E-state index in [0.29, 0.717) is 12.1 Å². The zero-order valence-corrected chi connectivity index (χ0v) is 11.8. The Hall–Kier alpha value is -2.69. The van der Waals surface area contributed by atoms with E-state index < -0.39 is 0 Å². The molecule has 0 atom stereocenters. The lowest BCUT2D eigenvalue weighted by molar-refractivity contribution is -0.119. The molecule has 108 valence electrons. The molecular formula is C16H17N3O2. The highest BCUT2D eigenvalue weighted by Crippen LogP contribution is 2.10. The van der Waals surface area contributed by atoms with Crippen molar-refractivity contribution in [2.24, 2.45) is 0 Å². The molecule has 1 heterocycles. The molecule has 1 aromatic heterocycles. The van der Waals surface area contributed by atoms with E-state index in [1.807, 2.05) is 24.3 Å². The number of amides is 1. The topological polar surface area (TPSA) is 71.1 Å². The fraction of sp³-hybridized carbons (Fsp3) is 0.188. The van der Waals surface area contributed by atoms with E-state index in [9.17, 15) is 9.59 Å². The predicted octanol–water partition coefficient (Wildman–Crippen LogP) is 2.01. The second-order valence-corrected chi connectivity index (χ2v) is 4.59. The molecule has 0 bridgehead atoms. The van der Waals surface area contributed by atoms with Crippen LogP contribution in [0.15, 0.2) is 48.7 Å². The summed E-state index contributed by atoms with van der Waals surface area (Å²) in [6, 6.07) is 12.6. The first-order valence-electron chi connectivity index (χ1n) is 6.66. The molecule has 0 saturated heterocycles. The summed E-state index contributed by atoms with van der Waals surface area (Å²) in [5.74, 6) is -0.132. The van der Waals surface area contributed by atoms with Crippen molar-refractivity contribution >= 4 is 17.4 Å². The van der Waals surface area contributed by atoms with Gasteiger partial charge in [0, 0.05) is 17.4 Å². The number of ketones is 1. The number of aromatic nitrogens is 1. The van der Waals surface area contributed by atoms with E-state index in [4.69, 9.17) is 0 Å². The second-order valence-electron chi connectivity index (χ2n) is 4.59. The number of Topliss-reactive ketones (excluding diaryl/α,β-unsaturated/α-hetero) is 1. The Morgan fingerprint density at radius 2 is 2.00 bits per heavy atom. The standard InChI is InChI=1S/C16H17N3O2/c1-12(20)13-5-4-7-14(9-13)18-11-16(21)19-10-15-6-2-3-8-17-15/h2-9,18H,10-11H2,1H3,(H,19,21). The molecule has 21 heavy (non-hydrogen) atoms. The van der Waals surface area contributed by atoms with Crippen molar-refractivity contribution in [3.05, 3.63) is 59.9 Å². The van der Waals surface area contributed by atoms with Crippen LogP contribution < -0.4 is 10.6 Å². The van der Waals surface area contributed by atoms with Crippen LogP contribution >= 0.6 is 0 Å². The minimum atomic E-state index is -0.131. The van der Waals surface area contributed by atoms with Crippen LogP contribution in [0.4, 0.5) is 5.69 Å². The van der Waals surface area contributed by atoms with E-state index in [2.05, 4.69) is 15.6 Å². The van der Waals surface area contributed by atoms with Gasteiger partial charge in [-0.25, -0.2) is 0 Å². The van der Waals surface area contributed by atoms with Gasteiger partial charge in [0.2, 0.25) is 5.91 Å². The maximum atomic E-state index is 11.7. The number of carbonyl (C=O) groups excluding carboxylic acids is 2. The average Bonchev–Trinajstić information content (AvgIpc) is 2.52. The molecule has 2 N–H and O–H groups in total. The fourth-order valence-corrected chi connectivity index (χ4v) is 1.78. The largest absolute Gasteiger partial charge is 0.376 e. The van der Waals surface area contributed by atoms with Gasteiger partial charge in [0.25, 0.3) is 0 Å². The van der Waals surface area contributed by atoms with E-state index in [1.54, 1.807) is 24.4 Å². The van der Waals surface area contributed by atoms with Crippen LogP contribution in [0.2, 0.25) is 0 Å². The number of benzene rings is 1. The Morgan fingerprint density at radius 1 is 1.14 bits per heavy atom. The van der Waals surface area contributed by atoms with Crippen molar-refractivity contribution in [2.45, 2.75) is 13.5 Å². The van der Waals surface area contributed by atoms with Crippen LogP contribution in [0.3, 0.4) is 0 Å². The molecule has 0 saturated carbocycles. The van der Waals surface area contributed by atoms with Crippen LogP contribution in [-0.2, 0) is 11.3 Å². The maximum Gasteiger partial charge on any atom is 0.239 e. The van der Waals surface area contributed by atoms with Gasteiger partial charge in [-0.1, -0.05) is 18.2 Å². The quantitative estimate of drug-likeness (QED) is 0.796. The normalized spacial score (nSPS) is 9.95. The van der Waals surface area contributed by atoms with Crippen LogP contribution in [0.25, 0.3) is 0 Å². The lowest BCUT2D eigenvalue weighted by Gasteiger charge is -2.08. The number of anilines is 1. The SMILES string of the molecule is CC(=O)c1cccc(NCC(=O)NCc2ccccn2)c1. The first-order chi connectivity index (χ1) is 10.1. The molecule has 0 spiro atoms. The van der Waals surface area contributed by atoms with Gasteiger partial charge in [-0.15, -0.1) is 0 Å². The third-order valence-corrected chi connectivity index (χ3v) is 2.91. The molecule has 5 nitrogen and oxygen atoms in total. The van der Waals surface area contributed by atoms with Gasteiger partial charge in [-0.3, -0.25) is 14.6 Å². The Balaban J connectivity index is 1.81. The smallest absolute Gasteiger partial charge is 0.239 e. The number of hydrogen-bond acceptors (Lipinski definition) is 4. The molecule has 2 rings (SSSR count). The van der Waals surface area contributed by atoms with Gasteiger partial charge in [-0.05, 0) is 31.2 Å². The zero-order valence-electron chi connectivity index (χ0n) is 11.8. The Labute approximate surface area is 123 Å². The van der Waals surface area contributed by atoms with Crippen LogP contribution in [-0.4, -0.2) is 23.2 Å². The van der Waals surface area contributed by atoms with Crippen LogP contribution in [0.1, 0.15) is 23.0 Å². The lowest BCUT2D eigenvalue weighted by atomic mass is 10.1. The lowest BCUT2D eigenvalue weighted by Crippen LogP contribution is -2.29. The third kappa shape index (κ3) is 4.72. The molecule has 1 aromatic carbocycles. The van der Waals surface area contributed by atoms with Gasteiger partial charge in [0.1, 0.15) is 0 Å². The molecule has 1 amide bonds. The van der Waals surface area contributed by atoms with Gasteiger partial charge in [0.05, 0.1) is 18.8 Å². The van der Waals surface area contributed by atoms with Gasteiger partial charge >= 0.3 is 0 Å². The van der Waals surface area contributed by atoms with Crippen molar-refractivity contribution in [1.29, 1.82) is 0 Å². The number of nitrogens with one attached hydrogen (secondary N) is 2. The summed E-state index contributed by atoms with van der Waals surface area (Å²) in [6.07, 6.45) is 1.69. The van der Waals surface area contributed by atoms with Crippen molar-refractivity contribution in [3.63, 3.8) is 0 Å². The number of rotatable bonds is 6. The monoisotopic (exact) mass is 283 g/mol. The molecule has 0 aliphatic heterocycles. The highest BCUT2D eigenvalue weighted by atomic mass is 16.2. The highest BCUT2D eigenvalue weighted by molar-refractivity contribution is 5.95. The summed E-state index contributed by atoms with van der Waals surface area (Å²) in [4.78, 5) is 27.1. The fourth-order valence-electron chi connectivity index (χ4n) is 1.78. The van der Waals surface area contributed by atoms with Gasteiger partial charge in [0.15, 0.2) is 5.78 Å². The molecule has 0 aliphatic carbocycles. The maximum absolute atomic E-state index is 11.7. The molecule has 0 unspecified atom stereocenters. The summed E-state index contributed by atoms with van der Waals surface area (Å²) in [5, 5.41) is 5.77. The van der Waals surface area contributed by atoms with E-state index in [0.717, 1.165) is 11.4 Å². The van der Waals surface area contributed by atoms with Crippen LogP contribution in [0.5, 0.6) is 0 Å². The Kier molecular flexibility index (Phi) is 5.04. The predicted molar refractivity (Wildman–Crippen MR) is 81.0 cm³/mol. The zero-order chi connectivity index (χ0) is 15.1. The number of pyridine rings is 1. The molecule has 2 aromatic rings. The average molecular weight is 283 g/mol. The minimum Gasteiger partial charge on any atom is -0.376 e. The molecule has 5 heteroatoms. The number of nitrogens with zero attached hydrogens (tertiary/aromatic N) is 1. The Morgan fingerprint density at radius 3 is 2.71 bits per heavy atom. The van der Waals surface area contributed by atoms with E-state index >= 15 is 0 Å². The first-order valence-corrected chi connectivity index (χ1v) is 6.66. The summed E-state index contributed by atoms with van der Waals surface area (Å²) in [6.45, 7) is 2.06. The van der Waals surface area contributed by atoms with E-state index in [-0.39, 0.29) is 18.2 Å². The summed E-state index contributed by atoms with van der Waals surface area (Å²) < 4.78 is 0. The molecule has 0 radical (unpaired) electrons. The molecule has 0 aliphatic rings. The third-order valence-electron chi connectivity index (χ3n) is 2.91. The highest BCUT2D eigenvalue weighted by Gasteiger charge is 2.03. The number of carbonyl (C=O) groups is 2. The van der Waals surface area contributed by atoms with Crippen molar-refractivity contribution < 1.29 is 9.59 Å². The van der Waals surface area contributed by atoms with Crippen molar-refractivity contribution in [2.75, 3.05) is 11.9 Å². The summed E-state index contributed by atoms with van der Waals surface area (Å²) in [7, 11) is 0. The van der Waals surface area contributed by atoms with Crippen molar-refractivity contribution in [3.8, 4) is 0 Å². The molecule has 0 fully saturated rings. The van der Waals surface area contributed by atoms with Crippen LogP contribution in [0, 0.1) is 0 Å². The Bertz CT molecular complexity index is 626. The summed E-state index contributed by atoms with van der Waals surface area (Å²) in [5.41, 5.74) is 2.18. The van der Waals surface area contributed by atoms with Gasteiger partial charge in [-0.2, -0.15) is 0 Å². The summed E-state index contributed by atoms with van der Waals surface area (Å²) >= 11 is 0. The first kappa shape index (κ1) is 14.7.